The van der Waals surface area contributed by atoms with Crippen LogP contribution in [-0.2, 0) is 16.0 Å². The van der Waals surface area contributed by atoms with Gasteiger partial charge in [0.25, 0.3) is 0 Å². The molecular formula is C16H15F3N4O4. The lowest BCUT2D eigenvalue weighted by Gasteiger charge is -2.18. The minimum atomic E-state index is -4.68. The molecule has 0 radical (unpaired) electrons. The van der Waals surface area contributed by atoms with Gasteiger partial charge >= 0.3 is 12.1 Å². The molecule has 0 spiro atoms. The van der Waals surface area contributed by atoms with Gasteiger partial charge in [0, 0.05) is 32.1 Å². The van der Waals surface area contributed by atoms with E-state index in [1.165, 1.54) is 0 Å². The molecule has 2 aromatic heterocycles. The summed E-state index contributed by atoms with van der Waals surface area (Å²) in [7, 11) is 0. The number of rotatable bonds is 5. The van der Waals surface area contributed by atoms with Crippen LogP contribution in [0.3, 0.4) is 0 Å². The standard InChI is InChI=1S/C16H15F3N4O4/c17-16(18,19)10-8-23(7-9(10)15(25)26)13(24)5-4-12-21-14(22-27-12)11-3-1-2-6-20-11/h1-3,6,9-10H,4-5,7-8H2,(H,25,26)/t9-,10-/m1/s1. The number of carboxylic acids is 1. The minimum Gasteiger partial charge on any atom is -0.481 e. The van der Waals surface area contributed by atoms with Crippen molar-refractivity contribution in [1.82, 2.24) is 20.0 Å². The molecule has 2 atom stereocenters. The van der Waals surface area contributed by atoms with Gasteiger partial charge in [-0.15, -0.1) is 0 Å². The molecule has 2 aromatic rings. The number of amides is 1. The quantitative estimate of drug-likeness (QED) is 0.837. The molecule has 0 unspecified atom stereocenters. The Bertz CT molecular complexity index is 825. The topological polar surface area (TPSA) is 109 Å². The number of aliphatic carboxylic acids is 1. The summed E-state index contributed by atoms with van der Waals surface area (Å²) in [4.78, 5) is 32.3. The second-order valence-corrected chi connectivity index (χ2v) is 6.12. The number of pyridine rings is 1. The molecule has 1 aliphatic rings. The highest BCUT2D eigenvalue weighted by molar-refractivity contribution is 5.79. The number of nitrogens with zero attached hydrogens (tertiary/aromatic N) is 4. The van der Waals surface area contributed by atoms with Gasteiger partial charge in [-0.2, -0.15) is 18.2 Å². The van der Waals surface area contributed by atoms with E-state index >= 15 is 0 Å². The lowest BCUT2D eigenvalue weighted by Crippen LogP contribution is -2.34. The van der Waals surface area contributed by atoms with Gasteiger partial charge in [0.2, 0.25) is 17.6 Å². The molecule has 3 heterocycles. The predicted octanol–water partition coefficient (Wildman–Crippen LogP) is 1.79. The maximum absolute atomic E-state index is 13.0. The number of aryl methyl sites for hydroxylation is 1. The number of likely N-dealkylation sites (tertiary alicyclic amines) is 1. The van der Waals surface area contributed by atoms with Crippen LogP contribution in [0.25, 0.3) is 11.5 Å². The highest BCUT2D eigenvalue weighted by atomic mass is 19.4. The Kier molecular flexibility index (Phi) is 5.10. The number of carbonyl (C=O) groups excluding carboxylic acids is 1. The van der Waals surface area contributed by atoms with Gasteiger partial charge in [0.15, 0.2) is 0 Å². The zero-order valence-corrected chi connectivity index (χ0v) is 13.9. The molecule has 0 aliphatic carbocycles. The van der Waals surface area contributed by atoms with Gasteiger partial charge in [0.05, 0.1) is 11.8 Å². The number of carboxylic acid groups (broad SMARTS) is 1. The number of halogens is 3. The predicted molar refractivity (Wildman–Crippen MR) is 83.1 cm³/mol. The van der Waals surface area contributed by atoms with Crippen LogP contribution in [0.5, 0.6) is 0 Å². The Morgan fingerprint density at radius 3 is 2.67 bits per heavy atom. The van der Waals surface area contributed by atoms with Crippen molar-refractivity contribution in [2.45, 2.75) is 19.0 Å². The lowest BCUT2D eigenvalue weighted by molar-refractivity contribution is -0.188. The molecule has 0 saturated carbocycles. The first kappa shape index (κ1) is 18.8. The summed E-state index contributed by atoms with van der Waals surface area (Å²) in [5, 5.41) is 12.7. The van der Waals surface area contributed by atoms with Crippen LogP contribution in [-0.4, -0.2) is 56.3 Å². The second kappa shape index (κ2) is 7.33. The van der Waals surface area contributed by atoms with Crippen molar-refractivity contribution in [3.05, 3.63) is 30.3 Å². The summed E-state index contributed by atoms with van der Waals surface area (Å²) in [6.07, 6.45) is -3.26. The molecule has 1 amide bonds. The molecule has 0 bridgehead atoms. The first-order valence-electron chi connectivity index (χ1n) is 8.07. The van der Waals surface area contributed by atoms with Crippen molar-refractivity contribution >= 4 is 11.9 Å². The average molecular weight is 384 g/mol. The van der Waals surface area contributed by atoms with Crippen LogP contribution in [0.1, 0.15) is 12.3 Å². The van der Waals surface area contributed by atoms with E-state index in [0.29, 0.717) is 5.69 Å². The molecule has 0 aromatic carbocycles. The van der Waals surface area contributed by atoms with E-state index in [9.17, 15) is 22.8 Å². The van der Waals surface area contributed by atoms with Gasteiger partial charge in [-0.25, -0.2) is 0 Å². The van der Waals surface area contributed by atoms with Crippen LogP contribution < -0.4 is 0 Å². The number of carbonyl (C=O) groups is 2. The minimum absolute atomic E-state index is 0.0313. The van der Waals surface area contributed by atoms with Crippen LogP contribution in [0.4, 0.5) is 13.2 Å². The first-order chi connectivity index (χ1) is 12.8. The summed E-state index contributed by atoms with van der Waals surface area (Å²) in [5.74, 6) is -5.51. The van der Waals surface area contributed by atoms with E-state index in [1.807, 2.05) is 0 Å². The van der Waals surface area contributed by atoms with Crippen LogP contribution in [0.2, 0.25) is 0 Å². The van der Waals surface area contributed by atoms with Crippen molar-refractivity contribution in [1.29, 1.82) is 0 Å². The molecule has 3 rings (SSSR count). The average Bonchev–Trinajstić information content (AvgIpc) is 3.27. The first-order valence-corrected chi connectivity index (χ1v) is 8.07. The van der Waals surface area contributed by atoms with E-state index < -0.39 is 43.0 Å². The zero-order valence-electron chi connectivity index (χ0n) is 13.9. The molecule has 1 N–H and O–H groups in total. The number of hydrogen-bond acceptors (Lipinski definition) is 6. The van der Waals surface area contributed by atoms with Crippen molar-refractivity contribution in [3.8, 4) is 11.5 Å². The zero-order chi connectivity index (χ0) is 19.6. The van der Waals surface area contributed by atoms with Gasteiger partial charge in [-0.1, -0.05) is 11.2 Å². The fraction of sp³-hybridized carbons (Fsp3) is 0.438. The summed E-state index contributed by atoms with van der Waals surface area (Å²) in [6, 6.07) is 5.14. The highest BCUT2D eigenvalue weighted by Gasteiger charge is 2.53. The number of alkyl halides is 3. The Labute approximate surface area is 151 Å². The van der Waals surface area contributed by atoms with E-state index in [1.54, 1.807) is 24.4 Å². The number of hydrogen-bond donors (Lipinski definition) is 1. The fourth-order valence-electron chi connectivity index (χ4n) is 2.92. The molecule has 1 saturated heterocycles. The summed E-state index contributed by atoms with van der Waals surface area (Å²) in [5.41, 5.74) is 0.482. The van der Waals surface area contributed by atoms with Gasteiger partial charge < -0.3 is 14.5 Å². The molecule has 1 aliphatic heterocycles. The molecule has 8 nitrogen and oxygen atoms in total. The summed E-state index contributed by atoms with van der Waals surface area (Å²) in [6.45, 7) is -1.14. The normalized spacial score (nSPS) is 20.0. The van der Waals surface area contributed by atoms with Gasteiger partial charge in [0.1, 0.15) is 5.69 Å². The maximum Gasteiger partial charge on any atom is 0.394 e. The smallest absolute Gasteiger partial charge is 0.394 e. The highest BCUT2D eigenvalue weighted by Crippen LogP contribution is 2.37. The van der Waals surface area contributed by atoms with Crippen molar-refractivity contribution in [2.24, 2.45) is 11.8 Å². The van der Waals surface area contributed by atoms with Crippen LogP contribution in [0, 0.1) is 11.8 Å². The molecule has 1 fully saturated rings. The third-order valence-corrected chi connectivity index (χ3v) is 4.33. The monoisotopic (exact) mass is 384 g/mol. The third-order valence-electron chi connectivity index (χ3n) is 4.33. The Hall–Kier alpha value is -2.98. The Morgan fingerprint density at radius 1 is 1.30 bits per heavy atom. The molecule has 11 heteroatoms. The van der Waals surface area contributed by atoms with Crippen molar-refractivity contribution in [2.75, 3.05) is 13.1 Å². The number of aromatic nitrogens is 3. The molecule has 144 valence electrons. The largest absolute Gasteiger partial charge is 0.481 e. The maximum atomic E-state index is 13.0. The SMILES string of the molecule is O=C(O)[C@@H]1CN(C(=O)CCc2nc(-c3ccccn3)no2)C[C@H]1C(F)(F)F. The van der Waals surface area contributed by atoms with E-state index in [4.69, 9.17) is 9.63 Å². The van der Waals surface area contributed by atoms with Crippen molar-refractivity contribution in [3.63, 3.8) is 0 Å². The van der Waals surface area contributed by atoms with Gasteiger partial charge in [-0.3, -0.25) is 14.6 Å². The lowest BCUT2D eigenvalue weighted by atomic mass is 9.96. The van der Waals surface area contributed by atoms with Crippen molar-refractivity contribution < 1.29 is 32.4 Å². The molecule has 27 heavy (non-hydrogen) atoms. The second-order valence-electron chi connectivity index (χ2n) is 6.12. The van der Waals surface area contributed by atoms with Crippen LogP contribution in [0.15, 0.2) is 28.9 Å². The fourth-order valence-corrected chi connectivity index (χ4v) is 2.92. The summed E-state index contributed by atoms with van der Waals surface area (Å²) >= 11 is 0. The third kappa shape index (κ3) is 4.23. The molecular weight excluding hydrogens is 369 g/mol. The summed E-state index contributed by atoms with van der Waals surface area (Å²) < 4.78 is 44.0. The van der Waals surface area contributed by atoms with Crippen LogP contribution >= 0.6 is 0 Å². The Balaban J connectivity index is 1.60. The van der Waals surface area contributed by atoms with Gasteiger partial charge in [-0.05, 0) is 12.1 Å². The van der Waals surface area contributed by atoms with E-state index in [2.05, 4.69) is 15.1 Å². The van der Waals surface area contributed by atoms with E-state index in [0.717, 1.165) is 4.90 Å². The van der Waals surface area contributed by atoms with E-state index in [-0.39, 0.29) is 24.6 Å². The Morgan fingerprint density at radius 2 is 2.07 bits per heavy atom.